The summed E-state index contributed by atoms with van der Waals surface area (Å²) in [5.41, 5.74) is 2.31. The van der Waals surface area contributed by atoms with Gasteiger partial charge in [-0.15, -0.1) is 0 Å². The lowest BCUT2D eigenvalue weighted by molar-refractivity contribution is 0.284. The number of hydrogen-bond acceptors (Lipinski definition) is 4. The number of pyridine rings is 1. The van der Waals surface area contributed by atoms with Crippen LogP contribution < -0.4 is 14.8 Å². The van der Waals surface area contributed by atoms with Gasteiger partial charge in [-0.25, -0.2) is 0 Å². The highest BCUT2D eigenvalue weighted by Crippen LogP contribution is 2.29. The number of benzene rings is 1. The summed E-state index contributed by atoms with van der Waals surface area (Å²) in [6, 6.07) is 10.7. The van der Waals surface area contributed by atoms with Crippen LogP contribution in [0, 0.1) is 0 Å². The molecule has 4 nitrogen and oxygen atoms in total. The first-order valence-electron chi connectivity index (χ1n) is 7.27. The molecule has 1 fully saturated rings. The van der Waals surface area contributed by atoms with Crippen LogP contribution in [0.2, 0.25) is 0 Å². The molecule has 1 aromatic heterocycles. The van der Waals surface area contributed by atoms with Gasteiger partial charge in [-0.3, -0.25) is 4.98 Å². The van der Waals surface area contributed by atoms with E-state index in [1.165, 1.54) is 18.4 Å². The minimum Gasteiger partial charge on any atom is -0.493 e. The van der Waals surface area contributed by atoms with Gasteiger partial charge in [0, 0.05) is 25.0 Å². The molecule has 1 heterocycles. The highest BCUT2D eigenvalue weighted by atomic mass is 16.5. The lowest BCUT2D eigenvalue weighted by atomic mass is 10.2. The molecule has 0 spiro atoms. The molecule has 1 N–H and O–H groups in total. The molecule has 1 aliphatic carbocycles. The monoisotopic (exact) mass is 284 g/mol. The van der Waals surface area contributed by atoms with Crippen molar-refractivity contribution in [3.63, 3.8) is 0 Å². The molecule has 0 unspecified atom stereocenters. The van der Waals surface area contributed by atoms with Crippen LogP contribution in [0.4, 0.5) is 0 Å². The molecule has 21 heavy (non-hydrogen) atoms. The smallest absolute Gasteiger partial charge is 0.161 e. The third kappa shape index (κ3) is 3.95. The Hall–Kier alpha value is -2.07. The summed E-state index contributed by atoms with van der Waals surface area (Å²) in [5.74, 6) is 1.55. The van der Waals surface area contributed by atoms with Crippen molar-refractivity contribution in [2.45, 2.75) is 32.0 Å². The zero-order valence-corrected chi connectivity index (χ0v) is 12.2. The molecule has 0 aliphatic heterocycles. The fourth-order valence-electron chi connectivity index (χ4n) is 2.13. The van der Waals surface area contributed by atoms with Gasteiger partial charge < -0.3 is 14.8 Å². The Labute approximate surface area is 125 Å². The number of aromatic nitrogens is 1. The van der Waals surface area contributed by atoms with Crippen LogP contribution in [-0.4, -0.2) is 18.1 Å². The second-order valence-corrected chi connectivity index (χ2v) is 5.28. The van der Waals surface area contributed by atoms with Crippen molar-refractivity contribution in [3.8, 4) is 11.5 Å². The van der Waals surface area contributed by atoms with Crippen molar-refractivity contribution in [3.05, 3.63) is 53.9 Å². The number of rotatable bonds is 7. The SMILES string of the molecule is COc1ccc(CNC2CC2)cc1OCc1ccncc1. The second kappa shape index (κ2) is 6.59. The van der Waals surface area contributed by atoms with Crippen LogP contribution in [0.5, 0.6) is 11.5 Å². The average Bonchev–Trinajstić information content (AvgIpc) is 3.36. The van der Waals surface area contributed by atoms with Crippen LogP contribution >= 0.6 is 0 Å². The number of nitrogens with one attached hydrogen (secondary N) is 1. The summed E-state index contributed by atoms with van der Waals surface area (Å²) < 4.78 is 11.3. The number of ether oxygens (including phenoxy) is 2. The summed E-state index contributed by atoms with van der Waals surface area (Å²) in [7, 11) is 1.66. The Morgan fingerprint density at radius 1 is 1.10 bits per heavy atom. The fourth-order valence-corrected chi connectivity index (χ4v) is 2.13. The van der Waals surface area contributed by atoms with E-state index in [9.17, 15) is 0 Å². The van der Waals surface area contributed by atoms with Gasteiger partial charge in [-0.1, -0.05) is 6.07 Å². The minimum absolute atomic E-state index is 0.512. The van der Waals surface area contributed by atoms with Crippen molar-refractivity contribution in [2.24, 2.45) is 0 Å². The van der Waals surface area contributed by atoms with E-state index >= 15 is 0 Å². The lowest BCUT2D eigenvalue weighted by Crippen LogP contribution is -2.15. The summed E-state index contributed by atoms with van der Waals surface area (Å²) in [6.45, 7) is 1.39. The Morgan fingerprint density at radius 2 is 1.90 bits per heavy atom. The lowest BCUT2D eigenvalue weighted by Gasteiger charge is -2.13. The van der Waals surface area contributed by atoms with E-state index in [1.54, 1.807) is 19.5 Å². The van der Waals surface area contributed by atoms with Gasteiger partial charge in [0.2, 0.25) is 0 Å². The molecule has 0 saturated heterocycles. The molecular weight excluding hydrogens is 264 g/mol. The summed E-state index contributed by atoms with van der Waals surface area (Å²) >= 11 is 0. The van der Waals surface area contributed by atoms with Gasteiger partial charge in [-0.05, 0) is 48.2 Å². The van der Waals surface area contributed by atoms with Crippen molar-refractivity contribution in [1.82, 2.24) is 10.3 Å². The topological polar surface area (TPSA) is 43.4 Å². The van der Waals surface area contributed by atoms with Crippen LogP contribution in [0.25, 0.3) is 0 Å². The van der Waals surface area contributed by atoms with E-state index in [4.69, 9.17) is 9.47 Å². The third-order valence-corrected chi connectivity index (χ3v) is 3.54. The van der Waals surface area contributed by atoms with Gasteiger partial charge in [0.05, 0.1) is 7.11 Å². The van der Waals surface area contributed by atoms with E-state index < -0.39 is 0 Å². The first kappa shape index (κ1) is 13.9. The quantitative estimate of drug-likeness (QED) is 0.849. The highest BCUT2D eigenvalue weighted by molar-refractivity contribution is 5.43. The standard InChI is InChI=1S/C17H20N2O2/c1-20-16-5-2-14(11-19-15-3-4-15)10-17(16)21-12-13-6-8-18-9-7-13/h2,5-10,15,19H,3-4,11-12H2,1H3. The Bertz CT molecular complexity index is 583. The number of hydrogen-bond donors (Lipinski definition) is 1. The third-order valence-electron chi connectivity index (χ3n) is 3.54. The first-order valence-corrected chi connectivity index (χ1v) is 7.27. The Balaban J connectivity index is 1.67. The van der Waals surface area contributed by atoms with Crippen molar-refractivity contribution in [2.75, 3.05) is 7.11 Å². The molecule has 0 bridgehead atoms. The molecular formula is C17H20N2O2. The van der Waals surface area contributed by atoms with Gasteiger partial charge in [0.15, 0.2) is 11.5 Å². The van der Waals surface area contributed by atoms with Crippen molar-refractivity contribution < 1.29 is 9.47 Å². The predicted molar refractivity (Wildman–Crippen MR) is 81.4 cm³/mol. The van der Waals surface area contributed by atoms with Crippen LogP contribution in [-0.2, 0) is 13.2 Å². The van der Waals surface area contributed by atoms with Gasteiger partial charge in [0.25, 0.3) is 0 Å². The van der Waals surface area contributed by atoms with E-state index in [-0.39, 0.29) is 0 Å². The fraction of sp³-hybridized carbons (Fsp3) is 0.353. The average molecular weight is 284 g/mol. The Kier molecular flexibility index (Phi) is 4.36. The molecule has 3 rings (SSSR count). The maximum Gasteiger partial charge on any atom is 0.161 e. The summed E-state index contributed by atoms with van der Waals surface area (Å²) in [6.07, 6.45) is 6.13. The van der Waals surface area contributed by atoms with E-state index in [2.05, 4.69) is 22.4 Å². The van der Waals surface area contributed by atoms with Gasteiger partial charge in [0.1, 0.15) is 6.61 Å². The molecule has 1 saturated carbocycles. The normalized spacial score (nSPS) is 14.0. The zero-order valence-electron chi connectivity index (χ0n) is 12.2. The van der Waals surface area contributed by atoms with Crippen LogP contribution in [0.3, 0.4) is 0 Å². The second-order valence-electron chi connectivity index (χ2n) is 5.28. The van der Waals surface area contributed by atoms with Crippen LogP contribution in [0.1, 0.15) is 24.0 Å². The molecule has 0 atom stereocenters. The van der Waals surface area contributed by atoms with Crippen LogP contribution in [0.15, 0.2) is 42.7 Å². The minimum atomic E-state index is 0.512. The predicted octanol–water partition coefficient (Wildman–Crippen LogP) is 2.92. The number of nitrogens with zero attached hydrogens (tertiary/aromatic N) is 1. The molecule has 4 heteroatoms. The first-order chi connectivity index (χ1) is 10.3. The Morgan fingerprint density at radius 3 is 2.62 bits per heavy atom. The molecule has 1 aliphatic rings. The van der Waals surface area contributed by atoms with Crippen molar-refractivity contribution >= 4 is 0 Å². The van der Waals surface area contributed by atoms with E-state index in [1.807, 2.05) is 18.2 Å². The van der Waals surface area contributed by atoms with Gasteiger partial charge in [-0.2, -0.15) is 0 Å². The zero-order chi connectivity index (χ0) is 14.5. The molecule has 0 amide bonds. The van der Waals surface area contributed by atoms with Gasteiger partial charge >= 0.3 is 0 Å². The van der Waals surface area contributed by atoms with Crippen molar-refractivity contribution in [1.29, 1.82) is 0 Å². The highest BCUT2D eigenvalue weighted by Gasteiger charge is 2.20. The molecule has 2 aromatic rings. The maximum atomic E-state index is 5.90. The molecule has 1 aromatic carbocycles. The molecule has 0 radical (unpaired) electrons. The van der Waals surface area contributed by atoms with E-state index in [0.29, 0.717) is 12.6 Å². The maximum absolute atomic E-state index is 5.90. The van der Waals surface area contributed by atoms with E-state index in [0.717, 1.165) is 23.6 Å². The molecule has 110 valence electrons. The summed E-state index contributed by atoms with van der Waals surface area (Å²) in [4.78, 5) is 4.01. The summed E-state index contributed by atoms with van der Waals surface area (Å²) in [5, 5.41) is 3.51. The largest absolute Gasteiger partial charge is 0.493 e. The number of methoxy groups -OCH3 is 1.